The van der Waals surface area contributed by atoms with Crippen LogP contribution in [0.2, 0.25) is 0 Å². The number of rotatable bonds is 3. The Morgan fingerprint density at radius 2 is 1.52 bits per heavy atom. The van der Waals surface area contributed by atoms with Gasteiger partial charge < -0.3 is 25.1 Å². The van der Waals surface area contributed by atoms with Crippen LogP contribution in [-0.4, -0.2) is 93.7 Å². The molecule has 3 aliphatic rings. The van der Waals surface area contributed by atoms with E-state index in [4.69, 9.17) is 33.3 Å². The molecule has 18 nitrogen and oxygen atoms in total. The Kier molecular flexibility index (Phi) is 8.54. The minimum atomic E-state index is -5.11. The lowest BCUT2D eigenvalue weighted by atomic mass is 10.1. The van der Waals surface area contributed by atoms with Crippen molar-refractivity contribution in [3.63, 3.8) is 0 Å². The van der Waals surface area contributed by atoms with Gasteiger partial charge in [0.1, 0.15) is 29.9 Å². The first kappa shape index (κ1) is 33.6. The number of phosphoric ester groups is 1. The van der Waals surface area contributed by atoms with Crippen LogP contribution in [0.15, 0.2) is 36.0 Å². The zero-order valence-electron chi connectivity index (χ0n) is 25.4. The molecule has 0 saturated carbocycles. The molecule has 3 fully saturated rings. The number of pyridine rings is 1. The summed E-state index contributed by atoms with van der Waals surface area (Å²) in [5.41, 5.74) is 5.97. The van der Waals surface area contributed by atoms with E-state index >= 15 is 8.78 Å². The summed E-state index contributed by atoms with van der Waals surface area (Å²) < 4.78 is 95.7. The second-order valence-electron chi connectivity index (χ2n) is 12.2. The van der Waals surface area contributed by atoms with E-state index in [-0.39, 0.29) is 28.0 Å². The first-order chi connectivity index (χ1) is 22.6. The number of nitrogens with zero attached hydrogens (tertiary/aromatic N) is 6. The number of nitrogen functional groups attached to an aromatic ring is 1. The minimum absolute atomic E-state index is 0.0265. The lowest BCUT2D eigenvalue weighted by Gasteiger charge is -2.31. The summed E-state index contributed by atoms with van der Waals surface area (Å²) >= 11 is 0.759. The van der Waals surface area contributed by atoms with E-state index in [1.165, 1.54) is 23.2 Å². The summed E-state index contributed by atoms with van der Waals surface area (Å²) in [5, 5.41) is 0. The number of ether oxygens (including phenoxy) is 2. The number of H-pyrrole nitrogens is 1. The standard InChI is InChI=1S/C25H30F2N8O10P2S/c1-25(2,3)48-47(39)41-7-13-18(14(26)23(43-13)34-9-32-16-11(28)4-5-29-20(16)34)44-46(37,38)40-6-12-19(45-47)15(27)24(42-12)35-10-33-17-21(35)30-8-31-22(17)36/h4-5,8-10,12-15,18-19,23-24H,6-7H2,1-3H3,(H2,28,29)(H,37,38)(H,30,31,36)/t12-,13-,14-,15-,18-,19-,23-,24-,47?/m1/s1. The van der Waals surface area contributed by atoms with E-state index in [0.29, 0.717) is 0 Å². The third kappa shape index (κ3) is 6.21. The van der Waals surface area contributed by atoms with Gasteiger partial charge in [0.05, 0.1) is 37.9 Å². The summed E-state index contributed by atoms with van der Waals surface area (Å²) in [6, 6.07) is 1.51. The normalized spacial score (nSPS) is 36.5. The SMILES string of the molecule is CC(C)(C)SP1(=O)OC[C@H]2O[C@@H](n3cnc4c(N)ccnc43)[C@H](F)[C@@H]2OP(=O)(O)OC[C@H]2O[C@@H](n3cnc4c(=O)[nH]cnc43)[C@H](F)[C@@H]2O1. The summed E-state index contributed by atoms with van der Waals surface area (Å²) in [6.07, 6.45) is -8.85. The van der Waals surface area contributed by atoms with Crippen molar-refractivity contribution in [1.82, 2.24) is 34.1 Å². The number of nitrogens with one attached hydrogen (secondary N) is 1. The number of hydrogen-bond acceptors (Lipinski definition) is 15. The maximum atomic E-state index is 16.3. The molecular formula is C25H30F2N8O10P2S. The van der Waals surface area contributed by atoms with Crippen molar-refractivity contribution < 1.29 is 50.4 Å². The third-order valence-electron chi connectivity index (χ3n) is 7.63. The van der Waals surface area contributed by atoms with E-state index in [1.807, 2.05) is 0 Å². The van der Waals surface area contributed by atoms with Gasteiger partial charge in [-0.2, -0.15) is 0 Å². The average Bonchev–Trinajstić information content (AvgIpc) is 3.76. The Morgan fingerprint density at radius 1 is 0.938 bits per heavy atom. The summed E-state index contributed by atoms with van der Waals surface area (Å²) in [5.74, 6) is 0. The number of aromatic nitrogens is 7. The Hall–Kier alpha value is -2.84. The van der Waals surface area contributed by atoms with Crippen LogP contribution in [0.3, 0.4) is 0 Å². The monoisotopic (exact) mass is 734 g/mol. The molecule has 0 bridgehead atoms. The molecule has 4 N–H and O–H groups in total. The van der Waals surface area contributed by atoms with Crippen LogP contribution >= 0.6 is 26.0 Å². The molecule has 4 aromatic heterocycles. The molecule has 3 aliphatic heterocycles. The highest BCUT2D eigenvalue weighted by molar-refractivity contribution is 8.55. The number of hydrogen-bond donors (Lipinski definition) is 3. The lowest BCUT2D eigenvalue weighted by Crippen LogP contribution is -2.37. The highest BCUT2D eigenvalue weighted by Crippen LogP contribution is 2.67. The topological polar surface area (TPSA) is 230 Å². The van der Waals surface area contributed by atoms with Gasteiger partial charge in [-0.05, 0) is 17.4 Å². The van der Waals surface area contributed by atoms with Crippen molar-refractivity contribution in [2.24, 2.45) is 0 Å². The molecule has 23 heteroatoms. The zero-order valence-corrected chi connectivity index (χ0v) is 28.0. The number of halogens is 2. The fraction of sp³-hybridized carbons (Fsp3) is 0.560. The quantitative estimate of drug-likeness (QED) is 0.257. The smallest absolute Gasteiger partial charge is 0.397 e. The molecule has 10 atom stereocenters. The van der Waals surface area contributed by atoms with Crippen molar-refractivity contribution in [3.8, 4) is 0 Å². The number of fused-ring (bicyclic) bond motifs is 4. The molecule has 48 heavy (non-hydrogen) atoms. The largest absolute Gasteiger partial charge is 0.472 e. The van der Waals surface area contributed by atoms with Gasteiger partial charge in [0.2, 0.25) is 0 Å². The van der Waals surface area contributed by atoms with Crippen molar-refractivity contribution in [1.29, 1.82) is 0 Å². The fourth-order valence-electron chi connectivity index (χ4n) is 5.62. The molecule has 7 rings (SSSR count). The highest BCUT2D eigenvalue weighted by Gasteiger charge is 2.55. The predicted molar refractivity (Wildman–Crippen MR) is 164 cm³/mol. The van der Waals surface area contributed by atoms with E-state index in [1.54, 1.807) is 20.8 Å². The summed E-state index contributed by atoms with van der Waals surface area (Å²) in [7, 11) is -5.11. The summed E-state index contributed by atoms with van der Waals surface area (Å²) in [6.45, 7) is -0.717. The average molecular weight is 735 g/mol. The van der Waals surface area contributed by atoms with Gasteiger partial charge in [0.25, 0.3) is 5.56 Å². The molecule has 7 heterocycles. The molecule has 0 aromatic carbocycles. The van der Waals surface area contributed by atoms with Gasteiger partial charge in [-0.15, -0.1) is 0 Å². The number of aromatic amines is 1. The van der Waals surface area contributed by atoms with Crippen molar-refractivity contribution in [3.05, 3.63) is 41.6 Å². The van der Waals surface area contributed by atoms with Crippen molar-refractivity contribution >= 4 is 54.0 Å². The number of anilines is 1. The van der Waals surface area contributed by atoms with E-state index < -0.39 is 87.4 Å². The Balaban J connectivity index is 1.22. The molecule has 4 aromatic rings. The summed E-state index contributed by atoms with van der Waals surface area (Å²) in [4.78, 5) is 41.6. The number of nitrogens with two attached hydrogens (primary N) is 1. The second-order valence-corrected chi connectivity index (χ2v) is 18.2. The Morgan fingerprint density at radius 3 is 2.17 bits per heavy atom. The molecule has 0 aliphatic carbocycles. The van der Waals surface area contributed by atoms with Crippen LogP contribution in [0.5, 0.6) is 0 Å². The third-order valence-corrected chi connectivity index (χ3v) is 13.2. The molecule has 0 spiro atoms. The molecular weight excluding hydrogens is 704 g/mol. The highest BCUT2D eigenvalue weighted by atomic mass is 32.7. The Labute approximate surface area is 273 Å². The van der Waals surface area contributed by atoms with Gasteiger partial charge in [0, 0.05) is 10.9 Å². The van der Waals surface area contributed by atoms with E-state index in [0.717, 1.165) is 28.6 Å². The lowest BCUT2D eigenvalue weighted by molar-refractivity contribution is -0.0606. The van der Waals surface area contributed by atoms with Crippen LogP contribution in [0.25, 0.3) is 22.3 Å². The minimum Gasteiger partial charge on any atom is -0.397 e. The van der Waals surface area contributed by atoms with Crippen LogP contribution in [0, 0.1) is 0 Å². The van der Waals surface area contributed by atoms with E-state index in [2.05, 4.69) is 24.9 Å². The maximum absolute atomic E-state index is 16.3. The van der Waals surface area contributed by atoms with Gasteiger partial charge in [0.15, 0.2) is 41.6 Å². The first-order valence-electron chi connectivity index (χ1n) is 14.5. The number of phosphoric acid groups is 1. The van der Waals surface area contributed by atoms with E-state index in [9.17, 15) is 18.8 Å². The molecule has 0 radical (unpaired) electrons. The predicted octanol–water partition coefficient (Wildman–Crippen LogP) is 3.18. The zero-order chi connectivity index (χ0) is 34.2. The fourth-order valence-corrected chi connectivity index (χ4v) is 11.1. The van der Waals surface area contributed by atoms with Crippen LogP contribution in [0.1, 0.15) is 33.2 Å². The second kappa shape index (κ2) is 12.2. The van der Waals surface area contributed by atoms with Crippen LogP contribution in [0.4, 0.5) is 14.5 Å². The first-order valence-corrected chi connectivity index (χ1v) is 18.9. The Bertz CT molecular complexity index is 2010. The molecule has 2 unspecified atom stereocenters. The molecule has 3 saturated heterocycles. The number of imidazole rings is 2. The number of alkyl halides is 2. The molecule has 260 valence electrons. The van der Waals surface area contributed by atoms with Crippen LogP contribution in [-0.2, 0) is 36.7 Å². The van der Waals surface area contributed by atoms with Gasteiger partial charge >= 0.3 is 14.6 Å². The van der Waals surface area contributed by atoms with Gasteiger partial charge in [-0.25, -0.2) is 37.8 Å². The van der Waals surface area contributed by atoms with Gasteiger partial charge in [-0.3, -0.25) is 32.0 Å². The molecule has 0 amide bonds. The van der Waals surface area contributed by atoms with Crippen molar-refractivity contribution in [2.75, 3.05) is 18.9 Å². The van der Waals surface area contributed by atoms with Crippen molar-refractivity contribution in [2.45, 2.75) is 74.7 Å². The maximum Gasteiger partial charge on any atom is 0.472 e. The van der Waals surface area contributed by atoms with Crippen LogP contribution < -0.4 is 11.3 Å². The van der Waals surface area contributed by atoms with Gasteiger partial charge in [-0.1, -0.05) is 20.8 Å².